The van der Waals surface area contributed by atoms with Gasteiger partial charge in [-0.05, 0) is 55.7 Å². The quantitative estimate of drug-likeness (QED) is 0.670. The van der Waals surface area contributed by atoms with Gasteiger partial charge in [-0.15, -0.1) is 0 Å². The fourth-order valence-corrected chi connectivity index (χ4v) is 2.92. The Morgan fingerprint density at radius 2 is 1.38 bits per heavy atom. The third kappa shape index (κ3) is 3.57. The lowest BCUT2D eigenvalue weighted by atomic mass is 9.96. The molecule has 0 aromatic heterocycles. The van der Waals surface area contributed by atoms with Gasteiger partial charge in [0.1, 0.15) is 0 Å². The average molecular weight is 343 g/mol. The van der Waals surface area contributed by atoms with E-state index in [0.29, 0.717) is 22.4 Å². The first-order valence-electron chi connectivity index (χ1n) is 8.55. The van der Waals surface area contributed by atoms with Crippen molar-refractivity contribution in [3.63, 3.8) is 0 Å². The van der Waals surface area contributed by atoms with E-state index in [1.165, 1.54) is 0 Å². The van der Waals surface area contributed by atoms with Crippen LogP contribution in [0.5, 0.6) is 0 Å². The molecule has 0 aliphatic heterocycles. The van der Waals surface area contributed by atoms with E-state index in [2.05, 4.69) is 5.32 Å². The van der Waals surface area contributed by atoms with Crippen LogP contribution in [0.15, 0.2) is 66.7 Å². The molecule has 0 spiro atoms. The summed E-state index contributed by atoms with van der Waals surface area (Å²) in [5.41, 5.74) is 5.45. The highest BCUT2D eigenvalue weighted by Gasteiger charge is 2.14. The molecule has 0 unspecified atom stereocenters. The number of rotatable bonds is 4. The average Bonchev–Trinajstić information content (AvgIpc) is 2.64. The molecule has 1 N–H and O–H groups in total. The summed E-state index contributed by atoms with van der Waals surface area (Å²) in [5.74, 6) is -0.224. The molecule has 0 aliphatic rings. The van der Waals surface area contributed by atoms with Crippen LogP contribution in [-0.2, 0) is 0 Å². The van der Waals surface area contributed by atoms with Gasteiger partial charge in [-0.2, -0.15) is 0 Å². The lowest BCUT2D eigenvalue weighted by Gasteiger charge is -2.10. The number of anilines is 1. The molecule has 0 atom stereocenters. The third-order valence-electron chi connectivity index (χ3n) is 4.62. The molecule has 0 saturated heterocycles. The van der Waals surface area contributed by atoms with E-state index in [-0.39, 0.29) is 11.7 Å². The van der Waals surface area contributed by atoms with Crippen molar-refractivity contribution < 1.29 is 9.59 Å². The first kappa shape index (κ1) is 17.6. The second-order valence-electron chi connectivity index (χ2n) is 6.43. The van der Waals surface area contributed by atoms with Crippen molar-refractivity contribution in [2.24, 2.45) is 0 Å². The molecule has 0 aliphatic carbocycles. The van der Waals surface area contributed by atoms with E-state index < -0.39 is 0 Å². The predicted octanol–water partition coefficient (Wildman–Crippen LogP) is 5.10. The smallest absolute Gasteiger partial charge is 0.255 e. The minimum Gasteiger partial charge on any atom is -0.322 e. The molecule has 3 nitrogen and oxygen atoms in total. The van der Waals surface area contributed by atoms with Gasteiger partial charge in [0.25, 0.3) is 5.91 Å². The summed E-state index contributed by atoms with van der Waals surface area (Å²) in [6, 6.07) is 20.2. The molecule has 3 rings (SSSR count). The van der Waals surface area contributed by atoms with Crippen molar-refractivity contribution in [2.45, 2.75) is 20.8 Å². The number of carbonyl (C=O) groups is 2. The van der Waals surface area contributed by atoms with E-state index in [1.54, 1.807) is 30.3 Å². The number of nitrogens with one attached hydrogen (secondary N) is 1. The van der Waals surface area contributed by atoms with Crippen LogP contribution in [0.1, 0.15) is 43.0 Å². The molecule has 1 amide bonds. The van der Waals surface area contributed by atoms with Gasteiger partial charge in [0.15, 0.2) is 5.78 Å². The zero-order chi connectivity index (χ0) is 18.7. The molecule has 130 valence electrons. The normalized spacial score (nSPS) is 10.4. The Hall–Kier alpha value is -3.20. The minimum atomic E-state index is -0.181. The lowest BCUT2D eigenvalue weighted by molar-refractivity contribution is 0.102. The summed E-state index contributed by atoms with van der Waals surface area (Å²) in [7, 11) is 0. The minimum absolute atomic E-state index is 0.0433. The van der Waals surface area contributed by atoms with E-state index >= 15 is 0 Å². The maximum Gasteiger partial charge on any atom is 0.255 e. The van der Waals surface area contributed by atoms with Crippen LogP contribution in [0.25, 0.3) is 0 Å². The topological polar surface area (TPSA) is 46.2 Å². The van der Waals surface area contributed by atoms with Crippen LogP contribution in [0, 0.1) is 20.8 Å². The van der Waals surface area contributed by atoms with Crippen molar-refractivity contribution >= 4 is 17.4 Å². The SMILES string of the molecule is Cc1ccccc1C(=O)Nc1cccc(C(=O)c2cccc(C)c2C)c1. The molecular formula is C23H21NO2. The van der Waals surface area contributed by atoms with Crippen molar-refractivity contribution in [3.8, 4) is 0 Å². The third-order valence-corrected chi connectivity index (χ3v) is 4.62. The number of carbonyl (C=O) groups excluding carboxylic acids is 2. The Morgan fingerprint density at radius 3 is 2.15 bits per heavy atom. The van der Waals surface area contributed by atoms with Crippen LogP contribution >= 0.6 is 0 Å². The van der Waals surface area contributed by atoms with E-state index in [9.17, 15) is 9.59 Å². The molecule has 26 heavy (non-hydrogen) atoms. The van der Waals surface area contributed by atoms with Gasteiger partial charge in [0.05, 0.1) is 0 Å². The van der Waals surface area contributed by atoms with Gasteiger partial charge >= 0.3 is 0 Å². The number of amides is 1. The van der Waals surface area contributed by atoms with Gasteiger partial charge in [-0.25, -0.2) is 0 Å². The number of hydrogen-bond acceptors (Lipinski definition) is 2. The zero-order valence-corrected chi connectivity index (χ0v) is 15.2. The predicted molar refractivity (Wildman–Crippen MR) is 105 cm³/mol. The molecule has 3 aromatic rings. The Labute approximate surface area is 153 Å². The van der Waals surface area contributed by atoms with Crippen molar-refractivity contribution in [3.05, 3.63) is 100 Å². The molecule has 0 fully saturated rings. The monoisotopic (exact) mass is 343 g/mol. The molecule has 3 aromatic carbocycles. The standard InChI is InChI=1S/C23H21NO2/c1-15-9-6-13-21(17(15)3)22(25)18-10-7-11-19(14-18)24-23(26)20-12-5-4-8-16(20)2/h4-14H,1-3H3,(H,24,26). The van der Waals surface area contributed by atoms with Crippen LogP contribution in [0.3, 0.4) is 0 Å². The fraction of sp³-hybridized carbons (Fsp3) is 0.130. The van der Waals surface area contributed by atoms with Crippen molar-refractivity contribution in [1.29, 1.82) is 0 Å². The molecule has 0 saturated carbocycles. The van der Waals surface area contributed by atoms with Gasteiger partial charge in [-0.3, -0.25) is 9.59 Å². The zero-order valence-electron chi connectivity index (χ0n) is 15.2. The summed E-state index contributed by atoms with van der Waals surface area (Å²) < 4.78 is 0. The van der Waals surface area contributed by atoms with Crippen LogP contribution < -0.4 is 5.32 Å². The Morgan fingerprint density at radius 1 is 0.731 bits per heavy atom. The van der Waals surface area contributed by atoms with E-state index in [0.717, 1.165) is 16.7 Å². The Bertz CT molecular complexity index is 989. The van der Waals surface area contributed by atoms with Crippen molar-refractivity contribution in [2.75, 3.05) is 5.32 Å². The summed E-state index contributed by atoms with van der Waals surface area (Å²) in [4.78, 5) is 25.4. The van der Waals surface area contributed by atoms with Crippen LogP contribution in [0.4, 0.5) is 5.69 Å². The summed E-state index contributed by atoms with van der Waals surface area (Å²) in [6.07, 6.45) is 0. The Kier molecular flexibility index (Phi) is 4.99. The van der Waals surface area contributed by atoms with Gasteiger partial charge in [0, 0.05) is 22.4 Å². The van der Waals surface area contributed by atoms with Gasteiger partial charge < -0.3 is 5.32 Å². The number of ketones is 1. The van der Waals surface area contributed by atoms with E-state index in [4.69, 9.17) is 0 Å². The molecule has 3 heteroatoms. The highest BCUT2D eigenvalue weighted by atomic mass is 16.1. The van der Waals surface area contributed by atoms with Crippen LogP contribution in [0.2, 0.25) is 0 Å². The number of aryl methyl sites for hydroxylation is 2. The molecule has 0 heterocycles. The first-order valence-corrected chi connectivity index (χ1v) is 8.55. The van der Waals surface area contributed by atoms with Gasteiger partial charge in [0.2, 0.25) is 0 Å². The second kappa shape index (κ2) is 7.36. The maximum absolute atomic E-state index is 12.9. The highest BCUT2D eigenvalue weighted by Crippen LogP contribution is 2.20. The molecule has 0 bridgehead atoms. The largest absolute Gasteiger partial charge is 0.322 e. The van der Waals surface area contributed by atoms with Crippen molar-refractivity contribution in [1.82, 2.24) is 0 Å². The lowest BCUT2D eigenvalue weighted by Crippen LogP contribution is -2.14. The number of hydrogen-bond donors (Lipinski definition) is 1. The summed E-state index contributed by atoms with van der Waals surface area (Å²) in [5, 5.41) is 2.88. The Balaban J connectivity index is 1.87. The first-order chi connectivity index (χ1) is 12.5. The second-order valence-corrected chi connectivity index (χ2v) is 6.43. The molecule has 0 radical (unpaired) electrons. The van der Waals surface area contributed by atoms with Crippen LogP contribution in [-0.4, -0.2) is 11.7 Å². The number of benzene rings is 3. The van der Waals surface area contributed by atoms with Gasteiger partial charge in [-0.1, -0.05) is 48.5 Å². The summed E-state index contributed by atoms with van der Waals surface area (Å²) in [6.45, 7) is 5.84. The maximum atomic E-state index is 12.9. The highest BCUT2D eigenvalue weighted by molar-refractivity contribution is 6.11. The molecular weight excluding hydrogens is 322 g/mol. The fourth-order valence-electron chi connectivity index (χ4n) is 2.92. The van der Waals surface area contributed by atoms with E-state index in [1.807, 2.05) is 57.2 Å². The summed E-state index contributed by atoms with van der Waals surface area (Å²) >= 11 is 0.